The van der Waals surface area contributed by atoms with E-state index in [2.05, 4.69) is 45.2 Å². The highest BCUT2D eigenvalue weighted by Gasteiger charge is 2.30. The number of methoxy groups -OCH3 is 2. The molecule has 2 aliphatic rings. The van der Waals surface area contributed by atoms with E-state index >= 15 is 0 Å². The lowest BCUT2D eigenvalue weighted by atomic mass is 10.0. The zero-order valence-corrected chi connectivity index (χ0v) is 38.5. The van der Waals surface area contributed by atoms with Crippen LogP contribution in [0.2, 0.25) is 5.28 Å². The van der Waals surface area contributed by atoms with Crippen LogP contribution < -0.4 is 39.8 Å². The second kappa shape index (κ2) is 20.3. The van der Waals surface area contributed by atoms with Crippen LogP contribution in [0.15, 0.2) is 98.4 Å². The topological polar surface area (TPSA) is 194 Å². The van der Waals surface area contributed by atoms with Crippen molar-refractivity contribution < 1.29 is 36.5 Å². The van der Waals surface area contributed by atoms with Crippen LogP contribution >= 0.6 is 11.6 Å². The first kappa shape index (κ1) is 47.2. The number of nitrogens with zero attached hydrogens (tertiary/aromatic N) is 12. The van der Waals surface area contributed by atoms with Crippen LogP contribution in [-0.2, 0) is 0 Å². The second-order valence-corrected chi connectivity index (χ2v) is 15.8. The minimum absolute atomic E-state index is 0.0882. The van der Waals surface area contributed by atoms with Gasteiger partial charge in [-0.25, -0.2) is 47.5 Å². The van der Waals surface area contributed by atoms with Gasteiger partial charge in [0, 0.05) is 50.8 Å². The Balaban J connectivity index is 0.000000155. The van der Waals surface area contributed by atoms with Crippen molar-refractivity contribution in [3.05, 3.63) is 149 Å². The van der Waals surface area contributed by atoms with Crippen LogP contribution in [0.25, 0.3) is 11.6 Å². The van der Waals surface area contributed by atoms with Gasteiger partial charge in [0.1, 0.15) is 49.1 Å². The van der Waals surface area contributed by atoms with Gasteiger partial charge in [-0.05, 0) is 60.8 Å². The molecule has 0 spiro atoms. The summed E-state index contributed by atoms with van der Waals surface area (Å²) in [6, 6.07) is 9.56. The number of pyridine rings is 2. The Hall–Kier alpha value is -8.27. The van der Waals surface area contributed by atoms with E-state index in [9.17, 15) is 17.6 Å². The van der Waals surface area contributed by atoms with Crippen LogP contribution in [0.5, 0.6) is 23.0 Å². The summed E-state index contributed by atoms with van der Waals surface area (Å²) in [6.45, 7) is 4.26. The highest BCUT2D eigenvalue weighted by molar-refractivity contribution is 6.28. The van der Waals surface area contributed by atoms with Gasteiger partial charge in [0.15, 0.2) is 46.3 Å². The van der Waals surface area contributed by atoms with E-state index in [1.165, 1.54) is 30.5 Å². The third-order valence-electron chi connectivity index (χ3n) is 10.7. The summed E-state index contributed by atoms with van der Waals surface area (Å²) in [5.41, 5.74) is 9.53. The number of benzene rings is 2. The van der Waals surface area contributed by atoms with E-state index in [1.54, 1.807) is 85.7 Å². The number of aromatic nitrogens is 10. The van der Waals surface area contributed by atoms with Crippen molar-refractivity contribution in [1.29, 1.82) is 0 Å². The van der Waals surface area contributed by atoms with Gasteiger partial charge in [0.25, 0.3) is 0 Å². The Bertz CT molecular complexity index is 3080. The molecule has 2 aromatic carbocycles. The number of ether oxygens (including phenoxy) is 4. The molecule has 0 saturated carbocycles. The first-order valence-corrected chi connectivity index (χ1v) is 21.2. The summed E-state index contributed by atoms with van der Waals surface area (Å²) in [5, 5.41) is 3.20. The molecule has 0 saturated heterocycles. The monoisotopic (exact) mass is 966 g/mol. The van der Waals surface area contributed by atoms with Crippen LogP contribution in [0, 0.1) is 37.1 Å². The number of fused-ring (bicyclic) bond motifs is 2. The molecule has 6 aromatic heterocycles. The van der Waals surface area contributed by atoms with E-state index in [4.69, 9.17) is 36.3 Å². The number of likely N-dealkylation sites (N-methyl/N-ethyl adjacent to an activating group) is 2. The fourth-order valence-electron chi connectivity index (χ4n) is 7.35. The molecule has 356 valence electrons. The fourth-order valence-corrected chi connectivity index (χ4v) is 7.48. The third-order valence-corrected chi connectivity index (χ3v) is 10.9. The molecule has 0 radical (unpaired) electrons. The van der Waals surface area contributed by atoms with E-state index in [0.29, 0.717) is 74.7 Å². The predicted octanol–water partition coefficient (Wildman–Crippen LogP) is 8.11. The molecule has 3 N–H and O–H groups in total. The van der Waals surface area contributed by atoms with E-state index in [-0.39, 0.29) is 24.5 Å². The van der Waals surface area contributed by atoms with Crippen molar-refractivity contribution >= 4 is 40.6 Å². The van der Waals surface area contributed by atoms with Gasteiger partial charge in [-0.3, -0.25) is 9.13 Å². The largest absolute Gasteiger partial charge is 0.493 e. The minimum Gasteiger partial charge on any atom is -0.493 e. The lowest BCUT2D eigenvalue weighted by Crippen LogP contribution is -2.34. The van der Waals surface area contributed by atoms with Gasteiger partial charge in [-0.2, -0.15) is 9.97 Å². The van der Waals surface area contributed by atoms with Gasteiger partial charge in [-0.15, -0.1) is 0 Å². The number of nitrogen functional groups attached to an aromatic ring is 1. The van der Waals surface area contributed by atoms with Crippen LogP contribution in [-0.4, -0.2) is 90.5 Å². The number of imidazole rings is 2. The fraction of sp³-hybridized carbons (Fsp3) is 0.217. The minimum atomic E-state index is -0.644. The third kappa shape index (κ3) is 10.8. The van der Waals surface area contributed by atoms with Crippen molar-refractivity contribution in [1.82, 2.24) is 49.0 Å². The highest BCUT2D eigenvalue weighted by Crippen LogP contribution is 2.39. The standard InChI is InChI=1S/C23H21F2N7O2.C13H10ClF2N3O.C10H12N4O/c1-13-10-32(12-28-13)21-19(33-3)7-17(8-26-21)29-23-27-9-20-22(30-23)31(2)18(11-34-20)14-4-15(24)6-16(25)5-14;1-19-10(7-2-8(15)4-9(16)3-7)6-20-11-5-17-13(14)18-12(11)19;1-7-5-14(6-13-7)10-9(15-2)3-8(11)4-12-10/h4-10,12,18H,11H2,1-3H3,(H,27,29,30);2-5,10H,6H2,1H3;3-6H,11H2,1-2H3. The van der Waals surface area contributed by atoms with E-state index in [1.807, 2.05) is 31.1 Å². The number of hydrogen-bond acceptors (Lipinski definition) is 16. The summed E-state index contributed by atoms with van der Waals surface area (Å²) in [4.78, 5) is 37.4. The average Bonchev–Trinajstić information content (AvgIpc) is 3.96. The number of nitrogens with two attached hydrogens (primary N) is 1. The van der Waals surface area contributed by atoms with Gasteiger partial charge in [0.2, 0.25) is 11.2 Å². The Kier molecular flexibility index (Phi) is 13.9. The normalized spacial score (nSPS) is 14.7. The lowest BCUT2D eigenvalue weighted by Gasteiger charge is -2.35. The number of hydrogen-bond donors (Lipinski definition) is 2. The molecule has 8 aromatic rings. The molecule has 0 aliphatic carbocycles. The van der Waals surface area contributed by atoms with Gasteiger partial charge in [-0.1, -0.05) is 0 Å². The van der Waals surface area contributed by atoms with Crippen LogP contribution in [0.3, 0.4) is 0 Å². The Morgan fingerprint density at radius 2 is 1.09 bits per heavy atom. The van der Waals surface area contributed by atoms with Crippen molar-refractivity contribution in [3.8, 4) is 34.6 Å². The molecular formula is C46H43ClF4N14O4. The van der Waals surface area contributed by atoms with Gasteiger partial charge < -0.3 is 39.8 Å². The molecule has 18 nitrogen and oxygen atoms in total. The summed E-state index contributed by atoms with van der Waals surface area (Å²) in [5.74, 6) is 2.16. The Labute approximate surface area is 397 Å². The van der Waals surface area contributed by atoms with Crippen molar-refractivity contribution in [2.24, 2.45) is 0 Å². The molecule has 0 amide bonds. The highest BCUT2D eigenvalue weighted by atomic mass is 35.5. The summed E-state index contributed by atoms with van der Waals surface area (Å²) in [7, 11) is 6.70. The summed E-state index contributed by atoms with van der Waals surface area (Å²) in [6.07, 6.45) is 13.3. The first-order valence-electron chi connectivity index (χ1n) is 20.8. The molecule has 2 aliphatic heterocycles. The first-order chi connectivity index (χ1) is 33.2. The maximum absolute atomic E-state index is 13.8. The van der Waals surface area contributed by atoms with E-state index < -0.39 is 29.3 Å². The smallest absolute Gasteiger partial charge is 0.229 e. The Morgan fingerprint density at radius 1 is 0.609 bits per heavy atom. The van der Waals surface area contributed by atoms with Gasteiger partial charge in [0.05, 0.1) is 73.9 Å². The van der Waals surface area contributed by atoms with E-state index in [0.717, 1.165) is 23.5 Å². The number of anilines is 5. The Morgan fingerprint density at radius 3 is 1.58 bits per heavy atom. The number of halogens is 5. The number of rotatable bonds is 8. The molecule has 2 atom stereocenters. The van der Waals surface area contributed by atoms with Gasteiger partial charge >= 0.3 is 0 Å². The van der Waals surface area contributed by atoms with Crippen molar-refractivity contribution in [3.63, 3.8) is 0 Å². The summed E-state index contributed by atoms with van der Waals surface area (Å²) < 4.78 is 79.7. The zero-order valence-electron chi connectivity index (χ0n) is 37.8. The molecule has 23 heteroatoms. The van der Waals surface area contributed by atoms with Crippen molar-refractivity contribution in [2.45, 2.75) is 25.9 Å². The van der Waals surface area contributed by atoms with Crippen molar-refractivity contribution in [2.75, 3.05) is 62.4 Å². The van der Waals surface area contributed by atoms with Crippen LogP contribution in [0.4, 0.5) is 46.5 Å². The summed E-state index contributed by atoms with van der Waals surface area (Å²) >= 11 is 5.76. The molecular weight excluding hydrogens is 924 g/mol. The number of aryl methyl sites for hydroxylation is 2. The molecule has 0 fully saturated rings. The molecule has 2 unspecified atom stereocenters. The molecule has 0 bridgehead atoms. The maximum Gasteiger partial charge on any atom is 0.229 e. The molecule has 69 heavy (non-hydrogen) atoms. The predicted molar refractivity (Wildman–Crippen MR) is 248 cm³/mol. The molecule has 8 heterocycles. The number of nitrogens with one attached hydrogen (secondary N) is 1. The quantitative estimate of drug-likeness (QED) is 0.109. The lowest BCUT2D eigenvalue weighted by molar-refractivity contribution is 0.264. The maximum atomic E-state index is 13.8. The molecule has 10 rings (SSSR count). The second-order valence-electron chi connectivity index (χ2n) is 15.5. The average molecular weight is 967 g/mol. The SMILES string of the molecule is CN1c2nc(Cl)ncc2OCC1c1cc(F)cc(F)c1.COc1cc(N)cnc1-n1cnc(C)c1.COc1cc(Nc2ncc3c(n2)N(C)C(c2cc(F)cc(F)c2)CO3)cnc1-n1cnc(C)c1. The zero-order chi connectivity index (χ0) is 48.9. The van der Waals surface area contributed by atoms with Crippen LogP contribution in [0.1, 0.15) is 34.6 Å².